The Bertz CT molecular complexity index is 279. The Morgan fingerprint density at radius 1 is 1.28 bits per heavy atom. The molecule has 0 bridgehead atoms. The predicted molar refractivity (Wildman–Crippen MR) is 71.5 cm³/mol. The molecule has 5 nitrogen and oxygen atoms in total. The van der Waals surface area contributed by atoms with Crippen molar-refractivity contribution in [1.82, 2.24) is 10.2 Å². The summed E-state index contributed by atoms with van der Waals surface area (Å²) in [6, 6.07) is -1.12. The maximum Gasteiger partial charge on any atom is 0.326 e. The predicted octanol–water partition coefficient (Wildman–Crippen LogP) is 2.17. The molecule has 0 aromatic heterocycles. The first-order valence-corrected chi connectivity index (χ1v) is 6.52. The molecule has 18 heavy (non-hydrogen) atoms. The Hall–Kier alpha value is -1.26. The van der Waals surface area contributed by atoms with Crippen molar-refractivity contribution >= 4 is 12.0 Å². The molecule has 0 aliphatic heterocycles. The van der Waals surface area contributed by atoms with Gasteiger partial charge in [-0.25, -0.2) is 9.59 Å². The molecule has 0 fully saturated rings. The number of nitrogens with one attached hydrogen (secondary N) is 1. The van der Waals surface area contributed by atoms with E-state index >= 15 is 0 Å². The molecule has 0 heterocycles. The molecular weight excluding hydrogens is 232 g/mol. The van der Waals surface area contributed by atoms with E-state index in [-0.39, 0.29) is 11.9 Å². The number of carbonyl (C=O) groups is 2. The number of carboxylic acid groups (broad SMARTS) is 1. The molecule has 0 aliphatic carbocycles. The lowest BCUT2D eigenvalue weighted by Crippen LogP contribution is -2.48. The van der Waals surface area contributed by atoms with E-state index in [1.807, 2.05) is 13.8 Å². The third-order valence-corrected chi connectivity index (χ3v) is 2.93. The molecule has 0 aromatic carbocycles. The smallest absolute Gasteiger partial charge is 0.326 e. The summed E-state index contributed by atoms with van der Waals surface area (Å²) in [4.78, 5) is 24.4. The van der Waals surface area contributed by atoms with Crippen molar-refractivity contribution in [1.29, 1.82) is 0 Å². The minimum absolute atomic E-state index is 0.228. The van der Waals surface area contributed by atoms with Crippen LogP contribution in [-0.4, -0.2) is 41.6 Å². The fraction of sp³-hybridized carbons (Fsp3) is 0.846. The molecule has 0 aliphatic rings. The first-order valence-electron chi connectivity index (χ1n) is 6.52. The number of aliphatic carboxylic acids is 1. The lowest BCUT2D eigenvalue weighted by Gasteiger charge is -2.24. The largest absolute Gasteiger partial charge is 0.480 e. The van der Waals surface area contributed by atoms with Crippen molar-refractivity contribution in [2.24, 2.45) is 11.8 Å². The van der Waals surface area contributed by atoms with Crippen molar-refractivity contribution in [3.05, 3.63) is 0 Å². The summed E-state index contributed by atoms with van der Waals surface area (Å²) >= 11 is 0. The summed E-state index contributed by atoms with van der Waals surface area (Å²) in [5.41, 5.74) is 0. The molecule has 0 radical (unpaired) electrons. The Labute approximate surface area is 110 Å². The van der Waals surface area contributed by atoms with Gasteiger partial charge in [-0.2, -0.15) is 0 Å². The van der Waals surface area contributed by atoms with Crippen LogP contribution in [0.4, 0.5) is 4.79 Å². The van der Waals surface area contributed by atoms with Gasteiger partial charge in [-0.15, -0.1) is 0 Å². The lowest BCUT2D eigenvalue weighted by atomic mass is 10.0. The molecule has 0 spiro atoms. The Morgan fingerprint density at radius 2 is 1.83 bits per heavy atom. The normalized spacial score (nSPS) is 14.1. The fourth-order valence-electron chi connectivity index (χ4n) is 1.63. The number of urea groups is 1. The standard InChI is InChI=1S/C13H26N2O3/c1-6-10(4)8-15(5)13(18)14-11(12(16)17)7-9(2)3/h9-11H,6-8H2,1-5H3,(H,14,18)(H,16,17)/t10?,11-/m0/s1. The lowest BCUT2D eigenvalue weighted by molar-refractivity contribution is -0.139. The quantitative estimate of drug-likeness (QED) is 0.735. The zero-order chi connectivity index (χ0) is 14.3. The maximum absolute atomic E-state index is 11.8. The van der Waals surface area contributed by atoms with Gasteiger partial charge in [0.25, 0.3) is 0 Å². The Balaban J connectivity index is 4.36. The highest BCUT2D eigenvalue weighted by Crippen LogP contribution is 2.07. The van der Waals surface area contributed by atoms with Gasteiger partial charge in [0.1, 0.15) is 6.04 Å². The first kappa shape index (κ1) is 16.7. The van der Waals surface area contributed by atoms with Crippen molar-refractivity contribution in [2.45, 2.75) is 46.6 Å². The summed E-state index contributed by atoms with van der Waals surface area (Å²) in [6.07, 6.45) is 1.43. The van der Waals surface area contributed by atoms with Gasteiger partial charge in [-0.3, -0.25) is 0 Å². The first-order chi connectivity index (χ1) is 8.27. The fourth-order valence-corrected chi connectivity index (χ4v) is 1.63. The highest BCUT2D eigenvalue weighted by atomic mass is 16.4. The van der Waals surface area contributed by atoms with Gasteiger partial charge < -0.3 is 15.3 Å². The average Bonchev–Trinajstić information content (AvgIpc) is 2.26. The summed E-state index contributed by atoms with van der Waals surface area (Å²) in [5.74, 6) is -0.339. The van der Waals surface area contributed by atoms with Crippen molar-refractivity contribution in [3.63, 3.8) is 0 Å². The molecular formula is C13H26N2O3. The van der Waals surface area contributed by atoms with E-state index in [1.54, 1.807) is 11.9 Å². The molecule has 2 N–H and O–H groups in total. The molecule has 0 saturated heterocycles. The van der Waals surface area contributed by atoms with Gasteiger partial charge in [0.05, 0.1) is 0 Å². The summed E-state index contributed by atoms with van der Waals surface area (Å²) in [6.45, 7) is 8.63. The van der Waals surface area contributed by atoms with Crippen LogP contribution in [0.1, 0.15) is 40.5 Å². The highest BCUT2D eigenvalue weighted by molar-refractivity contribution is 5.82. The minimum Gasteiger partial charge on any atom is -0.480 e. The van der Waals surface area contributed by atoms with Crippen LogP contribution in [-0.2, 0) is 4.79 Å². The Morgan fingerprint density at radius 3 is 2.22 bits per heavy atom. The molecule has 1 unspecified atom stereocenters. The highest BCUT2D eigenvalue weighted by Gasteiger charge is 2.22. The van der Waals surface area contributed by atoms with Crippen molar-refractivity contribution < 1.29 is 14.7 Å². The van der Waals surface area contributed by atoms with Crippen LogP contribution >= 0.6 is 0 Å². The average molecular weight is 258 g/mol. The summed E-state index contributed by atoms with van der Waals surface area (Å²) < 4.78 is 0. The van der Waals surface area contributed by atoms with Gasteiger partial charge in [0.2, 0.25) is 0 Å². The number of carboxylic acids is 1. The third kappa shape index (κ3) is 6.47. The Kier molecular flexibility index (Phi) is 7.39. The van der Waals surface area contributed by atoms with Gasteiger partial charge in [0, 0.05) is 13.6 Å². The van der Waals surface area contributed by atoms with Crippen LogP contribution in [0.5, 0.6) is 0 Å². The van der Waals surface area contributed by atoms with E-state index in [2.05, 4.69) is 19.2 Å². The number of rotatable bonds is 7. The van der Waals surface area contributed by atoms with E-state index in [9.17, 15) is 9.59 Å². The van der Waals surface area contributed by atoms with E-state index in [4.69, 9.17) is 5.11 Å². The second kappa shape index (κ2) is 7.95. The second-order valence-electron chi connectivity index (χ2n) is 5.36. The second-order valence-corrected chi connectivity index (χ2v) is 5.36. The zero-order valence-corrected chi connectivity index (χ0v) is 12.1. The summed E-state index contributed by atoms with van der Waals surface area (Å²) in [7, 11) is 1.69. The molecule has 2 atom stereocenters. The number of amides is 2. The van der Waals surface area contributed by atoms with Crippen molar-refractivity contribution in [2.75, 3.05) is 13.6 Å². The molecule has 0 saturated carbocycles. The molecule has 2 amide bonds. The van der Waals surface area contributed by atoms with Gasteiger partial charge in [-0.05, 0) is 18.3 Å². The van der Waals surface area contributed by atoms with Crippen LogP contribution < -0.4 is 5.32 Å². The molecule has 106 valence electrons. The molecule has 0 aromatic rings. The third-order valence-electron chi connectivity index (χ3n) is 2.93. The van der Waals surface area contributed by atoms with E-state index in [0.717, 1.165) is 6.42 Å². The van der Waals surface area contributed by atoms with Crippen molar-refractivity contribution in [3.8, 4) is 0 Å². The molecule has 5 heteroatoms. The van der Waals surface area contributed by atoms with Crippen LogP contribution in [0.25, 0.3) is 0 Å². The topological polar surface area (TPSA) is 69.6 Å². The number of nitrogens with zero attached hydrogens (tertiary/aromatic N) is 1. The van der Waals surface area contributed by atoms with Crippen LogP contribution in [0.15, 0.2) is 0 Å². The summed E-state index contributed by atoms with van der Waals surface area (Å²) in [5, 5.41) is 11.6. The molecule has 0 rings (SSSR count). The minimum atomic E-state index is -0.978. The van der Waals surface area contributed by atoms with Crippen LogP contribution in [0, 0.1) is 11.8 Å². The van der Waals surface area contributed by atoms with Gasteiger partial charge in [-0.1, -0.05) is 34.1 Å². The van der Waals surface area contributed by atoms with E-state index in [0.29, 0.717) is 18.9 Å². The number of hydrogen-bond acceptors (Lipinski definition) is 2. The number of carbonyl (C=O) groups excluding carboxylic acids is 1. The van der Waals surface area contributed by atoms with E-state index < -0.39 is 12.0 Å². The van der Waals surface area contributed by atoms with Crippen LogP contribution in [0.3, 0.4) is 0 Å². The maximum atomic E-state index is 11.8. The van der Waals surface area contributed by atoms with Crippen LogP contribution in [0.2, 0.25) is 0 Å². The van der Waals surface area contributed by atoms with Gasteiger partial charge >= 0.3 is 12.0 Å². The monoisotopic (exact) mass is 258 g/mol. The van der Waals surface area contributed by atoms with Gasteiger partial charge in [0.15, 0.2) is 0 Å². The zero-order valence-electron chi connectivity index (χ0n) is 12.1. The number of hydrogen-bond donors (Lipinski definition) is 2. The SMILES string of the molecule is CCC(C)CN(C)C(=O)N[C@@H](CC(C)C)C(=O)O. The van der Waals surface area contributed by atoms with E-state index in [1.165, 1.54) is 0 Å².